The van der Waals surface area contributed by atoms with Crippen LogP contribution in [0.3, 0.4) is 0 Å². The van der Waals surface area contributed by atoms with Crippen molar-refractivity contribution >= 4 is 0 Å². The fraction of sp³-hybridized carbons (Fsp3) is 0.586. The molecular weight excluding hydrogens is 412 g/mol. The Kier molecular flexibility index (Phi) is 5.53. The highest BCUT2D eigenvalue weighted by atomic mass is 16.6. The first-order valence-electron chi connectivity index (χ1n) is 12.3. The molecule has 3 atom stereocenters. The molecule has 2 aliphatic heterocycles. The van der Waals surface area contributed by atoms with Gasteiger partial charge in [0.05, 0.1) is 13.2 Å². The quantitative estimate of drug-likeness (QED) is 0.452. The van der Waals surface area contributed by atoms with E-state index >= 15 is 0 Å². The van der Waals surface area contributed by atoms with Gasteiger partial charge in [0, 0.05) is 5.41 Å². The summed E-state index contributed by atoms with van der Waals surface area (Å²) in [5, 5.41) is 0. The van der Waals surface area contributed by atoms with Crippen molar-refractivity contribution in [3.63, 3.8) is 0 Å². The highest BCUT2D eigenvalue weighted by Gasteiger charge is 2.45. The third kappa shape index (κ3) is 5.07. The molecule has 0 N–H and O–H groups in total. The van der Waals surface area contributed by atoms with Crippen molar-refractivity contribution < 1.29 is 18.9 Å². The van der Waals surface area contributed by atoms with Crippen LogP contribution in [0.2, 0.25) is 0 Å². The second-order valence-corrected chi connectivity index (χ2v) is 12.0. The van der Waals surface area contributed by atoms with Gasteiger partial charge < -0.3 is 18.9 Å². The lowest BCUT2D eigenvalue weighted by atomic mass is 9.55. The molecule has 4 heteroatoms. The molecule has 178 valence electrons. The average Bonchev–Trinajstić information content (AvgIpc) is 3.69. The summed E-state index contributed by atoms with van der Waals surface area (Å²) in [6.45, 7) is 14.2. The van der Waals surface area contributed by atoms with E-state index in [1.54, 1.807) is 0 Å². The lowest BCUT2D eigenvalue weighted by Crippen LogP contribution is -2.41. The Morgan fingerprint density at radius 1 is 0.727 bits per heavy atom. The van der Waals surface area contributed by atoms with Crippen LogP contribution in [0.25, 0.3) is 0 Å². The third-order valence-electron chi connectivity index (χ3n) is 7.55. The van der Waals surface area contributed by atoms with Crippen LogP contribution in [0.5, 0.6) is 11.5 Å². The summed E-state index contributed by atoms with van der Waals surface area (Å²) in [6, 6.07) is 17.6. The summed E-state index contributed by atoms with van der Waals surface area (Å²) < 4.78 is 22.9. The Bertz CT molecular complexity index is 902. The maximum atomic E-state index is 6.00. The van der Waals surface area contributed by atoms with Crippen molar-refractivity contribution in [2.45, 2.75) is 70.5 Å². The van der Waals surface area contributed by atoms with E-state index < -0.39 is 0 Å². The minimum absolute atomic E-state index is 0.0185. The first-order chi connectivity index (χ1) is 15.6. The summed E-state index contributed by atoms with van der Waals surface area (Å²) in [5.74, 6) is 2.47. The maximum Gasteiger partial charge on any atom is 0.123 e. The molecule has 2 heterocycles. The van der Waals surface area contributed by atoms with E-state index in [1.807, 2.05) is 0 Å². The first-order valence-corrected chi connectivity index (χ1v) is 12.3. The van der Waals surface area contributed by atoms with Crippen LogP contribution in [0, 0.1) is 11.3 Å². The molecule has 0 aromatic heterocycles. The van der Waals surface area contributed by atoms with Crippen LogP contribution in [-0.4, -0.2) is 37.6 Å². The number of ether oxygens (including phenoxy) is 4. The van der Waals surface area contributed by atoms with Crippen LogP contribution in [0.15, 0.2) is 48.5 Å². The Morgan fingerprint density at radius 3 is 1.52 bits per heavy atom. The largest absolute Gasteiger partial charge is 0.491 e. The molecule has 33 heavy (non-hydrogen) atoms. The van der Waals surface area contributed by atoms with E-state index in [4.69, 9.17) is 18.9 Å². The number of epoxide rings is 2. The summed E-state index contributed by atoms with van der Waals surface area (Å²) >= 11 is 0. The van der Waals surface area contributed by atoms with Gasteiger partial charge in [-0.1, -0.05) is 45.0 Å². The molecule has 2 aromatic rings. The molecule has 3 aliphatic rings. The number of benzene rings is 2. The molecule has 0 spiro atoms. The fourth-order valence-electron chi connectivity index (χ4n) is 5.80. The van der Waals surface area contributed by atoms with Gasteiger partial charge in [0.2, 0.25) is 0 Å². The number of hydrogen-bond acceptors (Lipinski definition) is 4. The second-order valence-electron chi connectivity index (χ2n) is 12.0. The molecule has 2 saturated heterocycles. The lowest BCUT2D eigenvalue weighted by Gasteiger charge is -2.48. The number of rotatable bonds is 8. The molecule has 5 rings (SSSR count). The molecule has 4 nitrogen and oxygen atoms in total. The fourth-order valence-corrected chi connectivity index (χ4v) is 5.80. The summed E-state index contributed by atoms with van der Waals surface area (Å²) in [4.78, 5) is 0. The predicted octanol–water partition coefficient (Wildman–Crippen LogP) is 6.15. The van der Waals surface area contributed by atoms with Crippen molar-refractivity contribution in [3.8, 4) is 11.5 Å². The van der Waals surface area contributed by atoms with E-state index in [9.17, 15) is 0 Å². The van der Waals surface area contributed by atoms with Gasteiger partial charge in [-0.05, 0) is 79.8 Å². The van der Waals surface area contributed by atoms with Crippen molar-refractivity contribution in [1.29, 1.82) is 0 Å². The lowest BCUT2D eigenvalue weighted by molar-refractivity contribution is 0.126. The summed E-state index contributed by atoms with van der Waals surface area (Å²) in [7, 11) is 0. The van der Waals surface area contributed by atoms with Crippen LogP contribution in [0.1, 0.15) is 65.0 Å². The normalized spacial score (nSPS) is 34.5. The molecule has 1 saturated carbocycles. The zero-order valence-electron chi connectivity index (χ0n) is 20.8. The molecule has 0 bridgehead atoms. The van der Waals surface area contributed by atoms with Gasteiger partial charge in [-0.3, -0.25) is 0 Å². The number of hydrogen-bond donors (Lipinski definition) is 0. The minimum Gasteiger partial charge on any atom is -0.491 e. The standard InChI is InChI=1S/C29H38O4/c1-21-14-26(2,3)16-29(15-21,22-6-10-24(11-7-22)30-17-27(4)19-32-27)23-8-12-25(13-9-23)31-18-28(5)20-33-28/h6-13,21H,14-20H2,1-5H3. The van der Waals surface area contributed by atoms with Crippen molar-refractivity contribution in [1.82, 2.24) is 0 Å². The van der Waals surface area contributed by atoms with E-state index in [0.717, 1.165) is 37.6 Å². The van der Waals surface area contributed by atoms with Gasteiger partial charge in [0.1, 0.15) is 35.9 Å². The zero-order valence-corrected chi connectivity index (χ0v) is 20.8. The molecule has 3 unspecified atom stereocenters. The Balaban J connectivity index is 1.41. The smallest absolute Gasteiger partial charge is 0.123 e. The van der Waals surface area contributed by atoms with Crippen LogP contribution in [-0.2, 0) is 14.9 Å². The summed E-state index contributed by atoms with van der Waals surface area (Å²) in [6.07, 6.45) is 3.53. The Labute approximate surface area is 198 Å². The predicted molar refractivity (Wildman–Crippen MR) is 130 cm³/mol. The van der Waals surface area contributed by atoms with Gasteiger partial charge in [0.25, 0.3) is 0 Å². The highest BCUT2D eigenvalue weighted by molar-refractivity contribution is 5.44. The van der Waals surface area contributed by atoms with E-state index in [-0.39, 0.29) is 22.0 Å². The van der Waals surface area contributed by atoms with E-state index in [1.165, 1.54) is 17.5 Å². The van der Waals surface area contributed by atoms with E-state index in [2.05, 4.69) is 83.1 Å². The van der Waals surface area contributed by atoms with Gasteiger partial charge >= 0.3 is 0 Å². The molecule has 3 fully saturated rings. The average molecular weight is 451 g/mol. The van der Waals surface area contributed by atoms with E-state index in [0.29, 0.717) is 19.1 Å². The molecule has 0 amide bonds. The van der Waals surface area contributed by atoms with Gasteiger partial charge in [-0.15, -0.1) is 0 Å². The monoisotopic (exact) mass is 450 g/mol. The van der Waals surface area contributed by atoms with Crippen LogP contribution < -0.4 is 9.47 Å². The van der Waals surface area contributed by atoms with Crippen LogP contribution >= 0.6 is 0 Å². The van der Waals surface area contributed by atoms with Gasteiger partial charge in [-0.25, -0.2) is 0 Å². The topological polar surface area (TPSA) is 43.5 Å². The first kappa shape index (κ1) is 22.7. The maximum absolute atomic E-state index is 6.00. The highest BCUT2D eigenvalue weighted by Crippen LogP contribution is 2.53. The van der Waals surface area contributed by atoms with Crippen molar-refractivity contribution in [2.24, 2.45) is 11.3 Å². The molecule has 1 aliphatic carbocycles. The molecular formula is C29H38O4. The van der Waals surface area contributed by atoms with Gasteiger partial charge in [0.15, 0.2) is 0 Å². The summed E-state index contributed by atoms with van der Waals surface area (Å²) in [5.41, 5.74) is 2.80. The van der Waals surface area contributed by atoms with Crippen molar-refractivity contribution in [3.05, 3.63) is 59.7 Å². The third-order valence-corrected chi connectivity index (χ3v) is 7.55. The van der Waals surface area contributed by atoms with Crippen molar-refractivity contribution in [2.75, 3.05) is 26.4 Å². The second kappa shape index (κ2) is 8.02. The van der Waals surface area contributed by atoms with Crippen LogP contribution in [0.4, 0.5) is 0 Å². The SMILES string of the molecule is CC1CC(C)(C)CC(c2ccc(OCC3(C)CO3)cc2)(c2ccc(OCC3(C)CO3)cc2)C1. The zero-order chi connectivity index (χ0) is 23.3. The molecule has 2 aromatic carbocycles. The Hall–Kier alpha value is -2.04. The minimum atomic E-state index is -0.102. The molecule has 0 radical (unpaired) electrons. The van der Waals surface area contributed by atoms with Gasteiger partial charge in [-0.2, -0.15) is 0 Å². The Morgan fingerprint density at radius 2 is 1.15 bits per heavy atom.